The molecule has 3 rings (SSSR count). The molecule has 19 heavy (non-hydrogen) atoms. The summed E-state index contributed by atoms with van der Waals surface area (Å²) in [4.78, 5) is 11.2. The van der Waals surface area contributed by atoms with Crippen LogP contribution in [0.3, 0.4) is 0 Å². The topological polar surface area (TPSA) is 55.1 Å². The van der Waals surface area contributed by atoms with Crippen LogP contribution in [0.15, 0.2) is 41.1 Å². The van der Waals surface area contributed by atoms with Gasteiger partial charge in [-0.3, -0.25) is 4.68 Å². The van der Waals surface area contributed by atoms with Gasteiger partial charge in [0.1, 0.15) is 0 Å². The van der Waals surface area contributed by atoms with Gasteiger partial charge in [0.2, 0.25) is 0 Å². The Morgan fingerprint density at radius 2 is 2.16 bits per heavy atom. The predicted molar refractivity (Wildman–Crippen MR) is 74.7 cm³/mol. The molecule has 0 aliphatic carbocycles. The number of carbonyl (C=O) groups is 1. The number of aromatic nitrogens is 2. The summed E-state index contributed by atoms with van der Waals surface area (Å²) in [6, 6.07) is 9.51. The Balaban J connectivity index is 1.97. The van der Waals surface area contributed by atoms with Crippen molar-refractivity contribution in [1.29, 1.82) is 0 Å². The summed E-state index contributed by atoms with van der Waals surface area (Å²) in [5.41, 5.74) is 2.25. The zero-order valence-corrected chi connectivity index (χ0v) is 10.9. The predicted octanol–water partition coefficient (Wildman–Crippen LogP) is 3.04. The minimum atomic E-state index is -0.981. The van der Waals surface area contributed by atoms with Crippen LogP contribution in [0.5, 0.6) is 0 Å². The first-order valence-corrected chi connectivity index (χ1v) is 6.90. The number of para-hydroxylation sites is 1. The SMILES string of the molecule is O=C(O)c1nn(CCc2ccsc2)c2ccccc12. The van der Waals surface area contributed by atoms with Gasteiger partial charge in [-0.05, 0) is 34.9 Å². The Labute approximate surface area is 113 Å². The first-order valence-electron chi connectivity index (χ1n) is 5.95. The molecule has 5 heteroatoms. The van der Waals surface area contributed by atoms with E-state index in [0.717, 1.165) is 11.9 Å². The summed E-state index contributed by atoms with van der Waals surface area (Å²) >= 11 is 1.66. The van der Waals surface area contributed by atoms with Gasteiger partial charge < -0.3 is 5.11 Å². The third-order valence-electron chi connectivity index (χ3n) is 3.05. The van der Waals surface area contributed by atoms with Gasteiger partial charge in [-0.2, -0.15) is 16.4 Å². The minimum Gasteiger partial charge on any atom is -0.476 e. The summed E-state index contributed by atoms with van der Waals surface area (Å²) in [6.45, 7) is 0.685. The lowest BCUT2D eigenvalue weighted by Gasteiger charge is -2.01. The van der Waals surface area contributed by atoms with Crippen molar-refractivity contribution < 1.29 is 9.90 Å². The molecule has 3 aromatic rings. The molecule has 2 aromatic heterocycles. The maximum absolute atomic E-state index is 11.2. The van der Waals surface area contributed by atoms with E-state index in [9.17, 15) is 9.90 Å². The highest BCUT2D eigenvalue weighted by Gasteiger charge is 2.15. The summed E-state index contributed by atoms with van der Waals surface area (Å²) in [5, 5.41) is 18.2. The fourth-order valence-electron chi connectivity index (χ4n) is 2.13. The molecule has 1 aromatic carbocycles. The van der Waals surface area contributed by atoms with Crippen LogP contribution >= 0.6 is 11.3 Å². The average molecular weight is 272 g/mol. The maximum Gasteiger partial charge on any atom is 0.357 e. The number of carboxylic acids is 1. The molecule has 0 aliphatic heterocycles. The highest BCUT2D eigenvalue weighted by Crippen LogP contribution is 2.19. The molecule has 0 spiro atoms. The molecule has 0 unspecified atom stereocenters. The van der Waals surface area contributed by atoms with E-state index in [1.165, 1.54) is 5.56 Å². The Morgan fingerprint density at radius 3 is 2.89 bits per heavy atom. The summed E-state index contributed by atoms with van der Waals surface area (Å²) < 4.78 is 1.77. The van der Waals surface area contributed by atoms with Crippen molar-refractivity contribution in [1.82, 2.24) is 9.78 Å². The maximum atomic E-state index is 11.2. The number of carboxylic acid groups (broad SMARTS) is 1. The van der Waals surface area contributed by atoms with Gasteiger partial charge >= 0.3 is 5.97 Å². The van der Waals surface area contributed by atoms with E-state index in [-0.39, 0.29) is 5.69 Å². The van der Waals surface area contributed by atoms with Gasteiger partial charge in [-0.15, -0.1) is 0 Å². The Morgan fingerprint density at radius 1 is 1.32 bits per heavy atom. The molecule has 0 fully saturated rings. The smallest absolute Gasteiger partial charge is 0.357 e. The van der Waals surface area contributed by atoms with Gasteiger partial charge in [-0.1, -0.05) is 18.2 Å². The monoisotopic (exact) mass is 272 g/mol. The number of fused-ring (bicyclic) bond motifs is 1. The number of aromatic carboxylic acids is 1. The van der Waals surface area contributed by atoms with Crippen molar-refractivity contribution in [2.45, 2.75) is 13.0 Å². The second kappa shape index (κ2) is 4.85. The van der Waals surface area contributed by atoms with Gasteiger partial charge in [0, 0.05) is 11.9 Å². The Bertz CT molecular complexity index is 716. The average Bonchev–Trinajstić information content (AvgIpc) is 3.04. The zero-order valence-electron chi connectivity index (χ0n) is 10.1. The molecule has 0 saturated heterocycles. The molecule has 96 valence electrons. The number of thiophene rings is 1. The third kappa shape index (κ3) is 2.24. The number of hydrogen-bond acceptors (Lipinski definition) is 3. The van der Waals surface area contributed by atoms with Crippen molar-refractivity contribution in [3.05, 3.63) is 52.3 Å². The highest BCUT2D eigenvalue weighted by atomic mass is 32.1. The highest BCUT2D eigenvalue weighted by molar-refractivity contribution is 7.07. The van der Waals surface area contributed by atoms with Crippen molar-refractivity contribution >= 4 is 28.2 Å². The number of aryl methyl sites for hydroxylation is 2. The molecule has 4 nitrogen and oxygen atoms in total. The van der Waals surface area contributed by atoms with E-state index in [4.69, 9.17) is 0 Å². The van der Waals surface area contributed by atoms with Crippen molar-refractivity contribution in [3.8, 4) is 0 Å². The molecule has 0 atom stereocenters. The van der Waals surface area contributed by atoms with E-state index in [1.54, 1.807) is 22.1 Å². The molecular weight excluding hydrogens is 260 g/mol. The van der Waals surface area contributed by atoms with Gasteiger partial charge in [0.05, 0.1) is 5.52 Å². The molecule has 0 saturated carbocycles. The summed E-state index contributed by atoms with van der Waals surface area (Å²) in [7, 11) is 0. The number of benzene rings is 1. The number of rotatable bonds is 4. The molecular formula is C14H12N2O2S. The van der Waals surface area contributed by atoms with Crippen molar-refractivity contribution in [3.63, 3.8) is 0 Å². The van der Waals surface area contributed by atoms with Crippen LogP contribution in [0, 0.1) is 0 Å². The molecule has 1 N–H and O–H groups in total. The largest absolute Gasteiger partial charge is 0.476 e. The number of nitrogens with zero attached hydrogens (tertiary/aromatic N) is 2. The van der Waals surface area contributed by atoms with Crippen LogP contribution in [0.25, 0.3) is 10.9 Å². The van der Waals surface area contributed by atoms with Crippen LogP contribution < -0.4 is 0 Å². The summed E-state index contributed by atoms with van der Waals surface area (Å²) in [6.07, 6.45) is 0.855. The fraction of sp³-hybridized carbons (Fsp3) is 0.143. The van der Waals surface area contributed by atoms with E-state index < -0.39 is 5.97 Å². The zero-order chi connectivity index (χ0) is 13.2. The van der Waals surface area contributed by atoms with E-state index in [2.05, 4.69) is 16.5 Å². The second-order valence-corrected chi connectivity index (χ2v) is 5.06. The minimum absolute atomic E-state index is 0.126. The van der Waals surface area contributed by atoms with E-state index in [1.807, 2.05) is 23.6 Å². The first-order chi connectivity index (χ1) is 9.25. The van der Waals surface area contributed by atoms with Crippen LogP contribution in [0.2, 0.25) is 0 Å². The molecule has 2 heterocycles. The van der Waals surface area contributed by atoms with Gasteiger partial charge in [-0.25, -0.2) is 4.79 Å². The standard InChI is InChI=1S/C14H12N2O2S/c17-14(18)13-11-3-1-2-4-12(11)16(15-13)7-5-10-6-8-19-9-10/h1-4,6,8-9H,5,7H2,(H,17,18). The Kier molecular flexibility index (Phi) is 3.05. The molecule has 0 aliphatic rings. The van der Waals surface area contributed by atoms with Crippen LogP contribution in [-0.2, 0) is 13.0 Å². The van der Waals surface area contributed by atoms with Crippen molar-refractivity contribution in [2.75, 3.05) is 0 Å². The second-order valence-electron chi connectivity index (χ2n) is 4.28. The number of hydrogen-bond donors (Lipinski definition) is 1. The van der Waals surface area contributed by atoms with Crippen LogP contribution in [0.1, 0.15) is 16.1 Å². The Hall–Kier alpha value is -2.14. The fourth-order valence-corrected chi connectivity index (χ4v) is 2.83. The lowest BCUT2D eigenvalue weighted by molar-refractivity contribution is 0.0691. The quantitative estimate of drug-likeness (QED) is 0.794. The first kappa shape index (κ1) is 11.9. The van der Waals surface area contributed by atoms with Gasteiger partial charge in [0.25, 0.3) is 0 Å². The van der Waals surface area contributed by atoms with Gasteiger partial charge in [0.15, 0.2) is 5.69 Å². The van der Waals surface area contributed by atoms with E-state index >= 15 is 0 Å². The molecule has 0 bridgehead atoms. The van der Waals surface area contributed by atoms with E-state index in [0.29, 0.717) is 11.9 Å². The molecule has 0 amide bonds. The third-order valence-corrected chi connectivity index (χ3v) is 3.78. The lowest BCUT2D eigenvalue weighted by atomic mass is 10.2. The summed E-state index contributed by atoms with van der Waals surface area (Å²) in [5.74, 6) is -0.981. The lowest BCUT2D eigenvalue weighted by Crippen LogP contribution is -2.05. The molecule has 0 radical (unpaired) electrons. The van der Waals surface area contributed by atoms with Crippen molar-refractivity contribution in [2.24, 2.45) is 0 Å². The van der Waals surface area contributed by atoms with Crippen LogP contribution in [-0.4, -0.2) is 20.9 Å². The van der Waals surface area contributed by atoms with Crippen LogP contribution in [0.4, 0.5) is 0 Å². The normalized spacial score (nSPS) is 10.9.